The van der Waals surface area contributed by atoms with Crippen molar-refractivity contribution in [3.8, 4) is 0 Å². The maximum absolute atomic E-state index is 12.2. The molecule has 0 aliphatic rings. The Bertz CT molecular complexity index is 502. The molecule has 21 heavy (non-hydrogen) atoms. The number of hydrogen-bond acceptors (Lipinski definition) is 4. The van der Waals surface area contributed by atoms with Crippen LogP contribution in [0.3, 0.4) is 0 Å². The Morgan fingerprint density at radius 2 is 1.76 bits per heavy atom. The second-order valence-corrected chi connectivity index (χ2v) is 4.70. The zero-order chi connectivity index (χ0) is 15.8. The lowest BCUT2D eigenvalue weighted by Crippen LogP contribution is -2.51. The van der Waals surface area contributed by atoms with Crippen LogP contribution in [0.1, 0.15) is 19.4 Å². The normalized spacial score (nSPS) is 12.9. The van der Waals surface area contributed by atoms with Gasteiger partial charge in [-0.15, -0.1) is 0 Å². The molecule has 0 saturated carbocycles. The summed E-state index contributed by atoms with van der Waals surface area (Å²) >= 11 is 0. The van der Waals surface area contributed by atoms with Crippen LogP contribution in [-0.2, 0) is 25.5 Å². The molecule has 6 heteroatoms. The number of hydrogen-bond donors (Lipinski definition) is 2. The molecule has 0 aliphatic heterocycles. The van der Waals surface area contributed by atoms with E-state index >= 15 is 0 Å². The molecule has 0 spiro atoms. The molecule has 6 nitrogen and oxygen atoms in total. The second-order valence-electron chi connectivity index (χ2n) is 4.70. The number of benzene rings is 1. The predicted octanol–water partition coefficient (Wildman–Crippen LogP) is 0.411. The third-order valence-electron chi connectivity index (χ3n) is 2.89. The van der Waals surface area contributed by atoms with Gasteiger partial charge in [0.1, 0.15) is 12.1 Å². The minimum absolute atomic E-state index is 0.309. The molecule has 0 bridgehead atoms. The van der Waals surface area contributed by atoms with Crippen LogP contribution in [0.25, 0.3) is 0 Å². The molecule has 2 amide bonds. The summed E-state index contributed by atoms with van der Waals surface area (Å²) in [5, 5.41) is 5.12. The van der Waals surface area contributed by atoms with Crippen molar-refractivity contribution < 1.29 is 19.1 Å². The van der Waals surface area contributed by atoms with E-state index in [9.17, 15) is 14.4 Å². The van der Waals surface area contributed by atoms with Crippen molar-refractivity contribution in [1.82, 2.24) is 10.6 Å². The summed E-state index contributed by atoms with van der Waals surface area (Å²) in [5.41, 5.74) is 0.914. The number of carbonyl (C=O) groups excluding carboxylic acids is 3. The van der Waals surface area contributed by atoms with Gasteiger partial charge in [0.15, 0.2) is 0 Å². The summed E-state index contributed by atoms with van der Waals surface area (Å²) < 4.78 is 4.55. The molecule has 0 aromatic heterocycles. The first-order valence-electron chi connectivity index (χ1n) is 6.63. The van der Waals surface area contributed by atoms with Gasteiger partial charge >= 0.3 is 5.97 Å². The standard InChI is InChI=1S/C15H20N2O4/c1-10(15(20)21-3)16-14(19)13(17-11(2)18)9-12-7-5-4-6-8-12/h4-8,10,13H,9H2,1-3H3,(H,16,19)(H,17,18). The van der Waals surface area contributed by atoms with Gasteiger partial charge in [-0.3, -0.25) is 9.59 Å². The summed E-state index contributed by atoms with van der Waals surface area (Å²) in [6, 6.07) is 7.81. The Hall–Kier alpha value is -2.37. The smallest absolute Gasteiger partial charge is 0.328 e. The van der Waals surface area contributed by atoms with Gasteiger partial charge in [0.25, 0.3) is 0 Å². The molecular weight excluding hydrogens is 272 g/mol. The fourth-order valence-electron chi connectivity index (χ4n) is 1.85. The van der Waals surface area contributed by atoms with Crippen molar-refractivity contribution in [1.29, 1.82) is 0 Å². The Morgan fingerprint density at radius 3 is 2.29 bits per heavy atom. The average Bonchev–Trinajstić information content (AvgIpc) is 2.46. The molecular formula is C15H20N2O4. The SMILES string of the molecule is COC(=O)C(C)NC(=O)C(Cc1ccccc1)NC(C)=O. The number of methoxy groups -OCH3 is 1. The van der Waals surface area contributed by atoms with Gasteiger partial charge in [-0.2, -0.15) is 0 Å². The number of amides is 2. The average molecular weight is 292 g/mol. The second kappa shape index (κ2) is 8.04. The van der Waals surface area contributed by atoms with E-state index in [2.05, 4.69) is 15.4 Å². The molecule has 1 aromatic rings. The number of ether oxygens (including phenoxy) is 1. The van der Waals surface area contributed by atoms with E-state index in [0.29, 0.717) is 6.42 Å². The Balaban J connectivity index is 2.75. The van der Waals surface area contributed by atoms with Gasteiger partial charge in [-0.1, -0.05) is 30.3 Å². The van der Waals surface area contributed by atoms with Crippen LogP contribution in [-0.4, -0.2) is 37.0 Å². The van der Waals surface area contributed by atoms with Gasteiger partial charge < -0.3 is 15.4 Å². The van der Waals surface area contributed by atoms with Crippen LogP contribution >= 0.6 is 0 Å². The summed E-state index contributed by atoms with van der Waals surface area (Å²) in [6.45, 7) is 2.87. The van der Waals surface area contributed by atoms with Crippen LogP contribution in [0.5, 0.6) is 0 Å². The third kappa shape index (κ3) is 5.64. The van der Waals surface area contributed by atoms with Crippen molar-refractivity contribution in [3.63, 3.8) is 0 Å². The molecule has 114 valence electrons. The minimum Gasteiger partial charge on any atom is -0.467 e. The molecule has 2 N–H and O–H groups in total. The molecule has 2 unspecified atom stereocenters. The highest BCUT2D eigenvalue weighted by Crippen LogP contribution is 2.04. The quantitative estimate of drug-likeness (QED) is 0.744. The Kier molecular flexibility index (Phi) is 6.39. The number of carbonyl (C=O) groups is 3. The predicted molar refractivity (Wildman–Crippen MR) is 77.4 cm³/mol. The fourth-order valence-corrected chi connectivity index (χ4v) is 1.85. The number of rotatable bonds is 6. The van der Waals surface area contributed by atoms with Gasteiger partial charge in [-0.25, -0.2) is 4.79 Å². The highest BCUT2D eigenvalue weighted by molar-refractivity contribution is 5.90. The van der Waals surface area contributed by atoms with Crippen LogP contribution < -0.4 is 10.6 Å². The third-order valence-corrected chi connectivity index (χ3v) is 2.89. The van der Waals surface area contributed by atoms with Crippen LogP contribution in [0, 0.1) is 0 Å². The molecule has 0 heterocycles. The monoisotopic (exact) mass is 292 g/mol. The summed E-state index contributed by atoms with van der Waals surface area (Å²) in [5.74, 6) is -1.27. The van der Waals surface area contributed by atoms with Gasteiger partial charge in [0.2, 0.25) is 11.8 Å². The molecule has 0 saturated heterocycles. The lowest BCUT2D eigenvalue weighted by Gasteiger charge is -2.20. The topological polar surface area (TPSA) is 84.5 Å². The van der Waals surface area contributed by atoms with Crippen molar-refractivity contribution in [2.45, 2.75) is 32.4 Å². The molecule has 0 fully saturated rings. The van der Waals surface area contributed by atoms with E-state index in [-0.39, 0.29) is 5.91 Å². The zero-order valence-corrected chi connectivity index (χ0v) is 12.4. The Morgan fingerprint density at radius 1 is 1.14 bits per heavy atom. The van der Waals surface area contributed by atoms with Crippen LogP contribution in [0.2, 0.25) is 0 Å². The van der Waals surface area contributed by atoms with E-state index in [4.69, 9.17) is 0 Å². The van der Waals surface area contributed by atoms with Gasteiger partial charge in [0.05, 0.1) is 7.11 Å². The molecule has 0 aliphatic carbocycles. The summed E-state index contributed by atoms with van der Waals surface area (Å²) in [4.78, 5) is 34.7. The maximum atomic E-state index is 12.2. The minimum atomic E-state index is -0.769. The Labute approximate surface area is 123 Å². The first kappa shape index (κ1) is 16.7. The van der Waals surface area contributed by atoms with Crippen molar-refractivity contribution in [2.24, 2.45) is 0 Å². The fraction of sp³-hybridized carbons (Fsp3) is 0.400. The van der Waals surface area contributed by atoms with E-state index in [1.807, 2.05) is 30.3 Å². The van der Waals surface area contributed by atoms with Crippen molar-refractivity contribution in [3.05, 3.63) is 35.9 Å². The largest absolute Gasteiger partial charge is 0.467 e. The number of nitrogens with one attached hydrogen (secondary N) is 2. The van der Waals surface area contributed by atoms with Crippen molar-refractivity contribution in [2.75, 3.05) is 7.11 Å². The first-order valence-corrected chi connectivity index (χ1v) is 6.63. The van der Waals surface area contributed by atoms with Crippen LogP contribution in [0.15, 0.2) is 30.3 Å². The maximum Gasteiger partial charge on any atom is 0.328 e. The van der Waals surface area contributed by atoms with Crippen LogP contribution in [0.4, 0.5) is 0 Å². The molecule has 1 aromatic carbocycles. The number of esters is 1. The highest BCUT2D eigenvalue weighted by Gasteiger charge is 2.24. The zero-order valence-electron chi connectivity index (χ0n) is 12.4. The lowest BCUT2D eigenvalue weighted by molar-refractivity contribution is -0.144. The van der Waals surface area contributed by atoms with E-state index in [0.717, 1.165) is 5.56 Å². The van der Waals surface area contributed by atoms with Gasteiger partial charge in [0, 0.05) is 13.3 Å². The van der Waals surface area contributed by atoms with Gasteiger partial charge in [-0.05, 0) is 12.5 Å². The molecule has 0 radical (unpaired) electrons. The lowest BCUT2D eigenvalue weighted by atomic mass is 10.0. The van der Waals surface area contributed by atoms with E-state index in [1.54, 1.807) is 0 Å². The first-order chi connectivity index (χ1) is 9.93. The van der Waals surface area contributed by atoms with Crippen molar-refractivity contribution >= 4 is 17.8 Å². The molecule has 2 atom stereocenters. The molecule has 1 rings (SSSR count). The summed E-state index contributed by atoms with van der Waals surface area (Å²) in [7, 11) is 1.25. The summed E-state index contributed by atoms with van der Waals surface area (Å²) in [6.07, 6.45) is 0.347. The highest BCUT2D eigenvalue weighted by atomic mass is 16.5. The van der Waals surface area contributed by atoms with E-state index in [1.165, 1.54) is 21.0 Å². The van der Waals surface area contributed by atoms with E-state index < -0.39 is 24.0 Å².